The molecule has 1 amide bonds. The molecule has 0 heterocycles. The Kier molecular flexibility index (Phi) is 6.20. The van der Waals surface area contributed by atoms with Gasteiger partial charge in [-0.15, -0.1) is 11.8 Å². The normalized spacial score (nSPS) is 11.2. The van der Waals surface area contributed by atoms with Gasteiger partial charge in [0.1, 0.15) is 11.4 Å². The van der Waals surface area contributed by atoms with Crippen molar-refractivity contribution in [2.45, 2.75) is 32.1 Å². The first kappa shape index (κ1) is 17.5. The maximum Gasteiger partial charge on any atom is 0.329 e. The molecular weight excluding hydrogens is 293 g/mol. The van der Waals surface area contributed by atoms with Gasteiger partial charge >= 0.3 is 5.97 Å². The van der Waals surface area contributed by atoms with E-state index in [0.717, 1.165) is 5.56 Å². The minimum absolute atomic E-state index is 0.196. The minimum atomic E-state index is -1.22. The van der Waals surface area contributed by atoms with Crippen LogP contribution < -0.4 is 0 Å². The number of aliphatic carboxylic acids is 1. The van der Waals surface area contributed by atoms with E-state index in [1.807, 2.05) is 0 Å². The van der Waals surface area contributed by atoms with Gasteiger partial charge in [0, 0.05) is 12.3 Å². The number of likely N-dealkylation sites (N-methyl/N-ethyl adjacent to an activating group) is 1. The second-order valence-corrected chi connectivity index (χ2v) is 6.11. The summed E-state index contributed by atoms with van der Waals surface area (Å²) in [5, 5.41) is 9.18. The number of hydrogen-bond acceptors (Lipinski definition) is 3. The van der Waals surface area contributed by atoms with Crippen molar-refractivity contribution in [2.75, 3.05) is 12.3 Å². The molecule has 0 aliphatic heterocycles. The zero-order chi connectivity index (χ0) is 16.0. The molecule has 0 aromatic heterocycles. The van der Waals surface area contributed by atoms with Gasteiger partial charge < -0.3 is 10.0 Å². The summed E-state index contributed by atoms with van der Waals surface area (Å²) < 4.78 is 12.8. The van der Waals surface area contributed by atoms with Crippen molar-refractivity contribution in [3.63, 3.8) is 0 Å². The molecule has 1 aromatic carbocycles. The van der Waals surface area contributed by atoms with Gasteiger partial charge in [0.15, 0.2) is 0 Å². The van der Waals surface area contributed by atoms with Gasteiger partial charge in [-0.05, 0) is 38.5 Å². The molecule has 0 fully saturated rings. The first-order valence-electron chi connectivity index (χ1n) is 6.65. The van der Waals surface area contributed by atoms with E-state index in [0.29, 0.717) is 12.3 Å². The fourth-order valence-electron chi connectivity index (χ4n) is 1.91. The van der Waals surface area contributed by atoms with Gasteiger partial charge in [-0.1, -0.05) is 12.1 Å². The Morgan fingerprint density at radius 3 is 2.33 bits per heavy atom. The summed E-state index contributed by atoms with van der Waals surface area (Å²) in [7, 11) is 0. The highest BCUT2D eigenvalue weighted by molar-refractivity contribution is 7.99. The van der Waals surface area contributed by atoms with E-state index >= 15 is 0 Å². The van der Waals surface area contributed by atoms with E-state index in [1.165, 1.54) is 42.6 Å². The van der Waals surface area contributed by atoms with Crippen LogP contribution in [0.4, 0.5) is 4.39 Å². The number of nitrogens with zero attached hydrogens (tertiary/aromatic N) is 1. The van der Waals surface area contributed by atoms with Crippen molar-refractivity contribution >= 4 is 23.6 Å². The third-order valence-corrected chi connectivity index (χ3v) is 4.21. The number of carboxylic acids is 1. The summed E-state index contributed by atoms with van der Waals surface area (Å²) in [6, 6.07) is 6.10. The number of hydrogen-bond donors (Lipinski definition) is 1. The highest BCUT2D eigenvalue weighted by Crippen LogP contribution is 2.18. The van der Waals surface area contributed by atoms with Crippen molar-refractivity contribution < 1.29 is 19.1 Å². The van der Waals surface area contributed by atoms with Crippen LogP contribution in [0, 0.1) is 5.82 Å². The van der Waals surface area contributed by atoms with E-state index in [4.69, 9.17) is 0 Å². The van der Waals surface area contributed by atoms with Crippen molar-refractivity contribution in [3.8, 4) is 0 Å². The predicted octanol–water partition coefficient (Wildman–Crippen LogP) is 2.77. The van der Waals surface area contributed by atoms with Gasteiger partial charge in [-0.2, -0.15) is 0 Å². The molecule has 21 heavy (non-hydrogen) atoms. The molecule has 4 nitrogen and oxygen atoms in total. The number of rotatable bonds is 7. The van der Waals surface area contributed by atoms with Gasteiger partial charge in [0.25, 0.3) is 0 Å². The van der Waals surface area contributed by atoms with Crippen molar-refractivity contribution in [1.29, 1.82) is 0 Å². The molecule has 0 radical (unpaired) electrons. The predicted molar refractivity (Wildman–Crippen MR) is 81.7 cm³/mol. The van der Waals surface area contributed by atoms with Crippen LogP contribution in [0.2, 0.25) is 0 Å². The van der Waals surface area contributed by atoms with Crippen LogP contribution in [0.25, 0.3) is 0 Å². The average Bonchev–Trinajstić information content (AvgIpc) is 2.41. The fourth-order valence-corrected chi connectivity index (χ4v) is 2.77. The zero-order valence-corrected chi connectivity index (χ0v) is 13.2. The maximum atomic E-state index is 12.8. The largest absolute Gasteiger partial charge is 0.480 e. The molecule has 0 spiro atoms. The van der Waals surface area contributed by atoms with E-state index in [2.05, 4.69) is 0 Å². The number of amides is 1. The van der Waals surface area contributed by atoms with Crippen LogP contribution in [-0.4, -0.2) is 39.7 Å². The topological polar surface area (TPSA) is 57.6 Å². The molecular formula is C15H20FNO3S. The summed E-state index contributed by atoms with van der Waals surface area (Å²) in [6.45, 7) is 5.13. The lowest BCUT2D eigenvalue weighted by Crippen LogP contribution is -2.53. The molecule has 1 aromatic rings. The molecule has 0 aliphatic carbocycles. The van der Waals surface area contributed by atoms with Gasteiger partial charge in [-0.3, -0.25) is 4.79 Å². The molecule has 1 N–H and O–H groups in total. The van der Waals surface area contributed by atoms with Gasteiger partial charge in [0.2, 0.25) is 5.91 Å². The Bertz CT molecular complexity index is 502. The van der Waals surface area contributed by atoms with Crippen LogP contribution in [0.1, 0.15) is 26.3 Å². The third kappa shape index (κ3) is 4.74. The van der Waals surface area contributed by atoms with Crippen molar-refractivity contribution in [1.82, 2.24) is 4.90 Å². The zero-order valence-electron chi connectivity index (χ0n) is 12.4. The number of halogens is 1. The Balaban J connectivity index is 2.55. The van der Waals surface area contributed by atoms with Crippen LogP contribution in [-0.2, 0) is 15.3 Å². The highest BCUT2D eigenvalue weighted by Gasteiger charge is 2.36. The first-order chi connectivity index (χ1) is 9.78. The van der Waals surface area contributed by atoms with Crippen molar-refractivity contribution in [2.24, 2.45) is 0 Å². The van der Waals surface area contributed by atoms with Crippen molar-refractivity contribution in [3.05, 3.63) is 35.6 Å². The summed E-state index contributed by atoms with van der Waals surface area (Å²) >= 11 is 1.39. The highest BCUT2D eigenvalue weighted by atomic mass is 32.2. The third-order valence-electron chi connectivity index (χ3n) is 3.22. The number of benzene rings is 1. The molecule has 6 heteroatoms. The smallest absolute Gasteiger partial charge is 0.329 e. The fraction of sp³-hybridized carbons (Fsp3) is 0.467. The molecule has 116 valence electrons. The molecule has 0 unspecified atom stereocenters. The summed E-state index contributed by atoms with van der Waals surface area (Å²) in [6.07, 6.45) is 0. The number of carbonyl (C=O) groups excluding carboxylic acids is 1. The van der Waals surface area contributed by atoms with E-state index in [-0.39, 0.29) is 17.5 Å². The monoisotopic (exact) mass is 313 g/mol. The van der Waals surface area contributed by atoms with Crippen LogP contribution in [0.15, 0.2) is 24.3 Å². The van der Waals surface area contributed by atoms with Gasteiger partial charge in [0.05, 0.1) is 5.75 Å². The number of carboxylic acid groups (broad SMARTS) is 1. The summed E-state index contributed by atoms with van der Waals surface area (Å²) in [5.74, 6) is -0.752. The Labute approximate surface area is 128 Å². The Morgan fingerprint density at radius 1 is 1.29 bits per heavy atom. The van der Waals surface area contributed by atoms with Crippen LogP contribution in [0.3, 0.4) is 0 Å². The molecule has 0 atom stereocenters. The number of thioether (sulfide) groups is 1. The quantitative estimate of drug-likeness (QED) is 0.841. The standard InChI is InChI=1S/C15H20FNO3S/c1-4-17(15(2,3)14(19)20)13(18)10-21-9-11-5-7-12(16)8-6-11/h5-8H,4,9-10H2,1-3H3,(H,19,20). The van der Waals surface area contributed by atoms with E-state index in [1.54, 1.807) is 19.1 Å². The maximum absolute atomic E-state index is 12.8. The lowest BCUT2D eigenvalue weighted by molar-refractivity contribution is -0.155. The summed E-state index contributed by atoms with van der Waals surface area (Å²) in [5.41, 5.74) is -0.294. The lowest BCUT2D eigenvalue weighted by atomic mass is 10.0. The molecule has 0 aliphatic rings. The SMILES string of the molecule is CCN(C(=O)CSCc1ccc(F)cc1)C(C)(C)C(=O)O. The first-order valence-corrected chi connectivity index (χ1v) is 7.80. The van der Waals surface area contributed by atoms with Gasteiger partial charge in [-0.25, -0.2) is 9.18 Å². The molecule has 0 saturated carbocycles. The summed E-state index contributed by atoms with van der Waals surface area (Å²) in [4.78, 5) is 24.7. The average molecular weight is 313 g/mol. The van der Waals surface area contributed by atoms with E-state index < -0.39 is 11.5 Å². The lowest BCUT2D eigenvalue weighted by Gasteiger charge is -2.34. The number of carbonyl (C=O) groups is 2. The minimum Gasteiger partial charge on any atom is -0.480 e. The Morgan fingerprint density at radius 2 is 1.86 bits per heavy atom. The van der Waals surface area contributed by atoms with Crippen LogP contribution >= 0.6 is 11.8 Å². The second-order valence-electron chi connectivity index (χ2n) is 5.12. The molecule has 1 rings (SSSR count). The van der Waals surface area contributed by atoms with Crippen LogP contribution in [0.5, 0.6) is 0 Å². The second kappa shape index (κ2) is 7.45. The molecule has 0 bridgehead atoms. The Hall–Kier alpha value is -1.56. The molecule has 0 saturated heterocycles. The van der Waals surface area contributed by atoms with E-state index in [9.17, 15) is 19.1 Å².